The second kappa shape index (κ2) is 10.4. The molecule has 0 aliphatic carbocycles. The molecule has 9 heteroatoms. The van der Waals surface area contributed by atoms with Gasteiger partial charge in [0.15, 0.2) is 5.11 Å². The molecule has 3 aromatic rings. The monoisotopic (exact) mass is 576 g/mol. The first kappa shape index (κ1) is 22.7. The molecular formula is C23H21IN4O2S2. The average molecular weight is 576 g/mol. The van der Waals surface area contributed by atoms with Crippen molar-refractivity contribution in [3.05, 3.63) is 80.1 Å². The molecule has 1 fully saturated rings. The minimum absolute atomic E-state index is 0.111. The summed E-state index contributed by atoms with van der Waals surface area (Å²) >= 11 is 8.95. The van der Waals surface area contributed by atoms with Crippen molar-refractivity contribution in [3.8, 4) is 0 Å². The molecule has 0 saturated carbocycles. The molecule has 32 heavy (non-hydrogen) atoms. The molecule has 0 spiro atoms. The molecule has 4 rings (SSSR count). The van der Waals surface area contributed by atoms with Crippen molar-refractivity contribution < 1.29 is 9.59 Å². The van der Waals surface area contributed by atoms with Gasteiger partial charge in [0.2, 0.25) is 0 Å². The number of benzene rings is 2. The molecule has 1 saturated heterocycles. The van der Waals surface area contributed by atoms with E-state index in [2.05, 4.69) is 38.1 Å². The zero-order valence-corrected chi connectivity index (χ0v) is 20.9. The van der Waals surface area contributed by atoms with Crippen LogP contribution in [0.4, 0.5) is 11.4 Å². The Kier molecular flexibility index (Phi) is 7.38. The summed E-state index contributed by atoms with van der Waals surface area (Å²) in [6.07, 6.45) is 0. The third-order valence-corrected chi connectivity index (χ3v) is 6.90. The number of hydrogen-bond acceptors (Lipinski definition) is 5. The molecule has 1 aliphatic heterocycles. The van der Waals surface area contributed by atoms with Crippen molar-refractivity contribution in [2.75, 3.05) is 36.4 Å². The van der Waals surface area contributed by atoms with Gasteiger partial charge in [0.25, 0.3) is 11.8 Å². The van der Waals surface area contributed by atoms with Crippen LogP contribution in [0.5, 0.6) is 0 Å². The van der Waals surface area contributed by atoms with Gasteiger partial charge in [-0.25, -0.2) is 0 Å². The van der Waals surface area contributed by atoms with Crippen LogP contribution >= 0.6 is 46.1 Å². The van der Waals surface area contributed by atoms with Crippen LogP contribution in [-0.4, -0.2) is 48.0 Å². The lowest BCUT2D eigenvalue weighted by Gasteiger charge is -2.36. The Bertz CT molecular complexity index is 1090. The quantitative estimate of drug-likeness (QED) is 0.355. The number of thiocarbonyl (C=S) groups is 1. The molecule has 0 radical (unpaired) electrons. The summed E-state index contributed by atoms with van der Waals surface area (Å²) in [4.78, 5) is 29.8. The van der Waals surface area contributed by atoms with Gasteiger partial charge in [0.1, 0.15) is 0 Å². The Morgan fingerprint density at radius 2 is 1.62 bits per heavy atom. The summed E-state index contributed by atoms with van der Waals surface area (Å²) in [5.41, 5.74) is 2.45. The largest absolute Gasteiger partial charge is 0.368 e. The van der Waals surface area contributed by atoms with Gasteiger partial charge in [-0.1, -0.05) is 6.07 Å². The van der Waals surface area contributed by atoms with Gasteiger partial charge in [-0.3, -0.25) is 14.9 Å². The number of rotatable bonds is 4. The van der Waals surface area contributed by atoms with Crippen molar-refractivity contribution in [1.82, 2.24) is 10.2 Å². The SMILES string of the molecule is O=C(NC(=S)Nc1ccc(N2CCN(C(=O)c3cccs3)CC2)cc1)c1ccc(I)cc1. The highest BCUT2D eigenvalue weighted by Gasteiger charge is 2.22. The molecular weight excluding hydrogens is 555 g/mol. The summed E-state index contributed by atoms with van der Waals surface area (Å²) in [7, 11) is 0. The molecule has 2 aromatic carbocycles. The topological polar surface area (TPSA) is 64.7 Å². The van der Waals surface area contributed by atoms with Gasteiger partial charge in [-0.2, -0.15) is 0 Å². The Morgan fingerprint density at radius 1 is 0.938 bits per heavy atom. The van der Waals surface area contributed by atoms with Gasteiger partial charge in [0.05, 0.1) is 4.88 Å². The molecule has 0 atom stereocenters. The normalized spacial score (nSPS) is 13.5. The maximum absolute atomic E-state index is 12.5. The zero-order valence-electron chi connectivity index (χ0n) is 17.1. The third-order valence-electron chi connectivity index (χ3n) is 5.12. The highest BCUT2D eigenvalue weighted by molar-refractivity contribution is 14.1. The highest BCUT2D eigenvalue weighted by Crippen LogP contribution is 2.21. The second-order valence-electron chi connectivity index (χ2n) is 7.22. The number of amides is 2. The van der Waals surface area contributed by atoms with E-state index < -0.39 is 0 Å². The number of anilines is 2. The highest BCUT2D eigenvalue weighted by atomic mass is 127. The number of carbonyl (C=O) groups excluding carboxylic acids is 2. The zero-order chi connectivity index (χ0) is 22.5. The van der Waals surface area contributed by atoms with Gasteiger partial charge in [-0.15, -0.1) is 11.3 Å². The molecule has 164 valence electrons. The number of thiophene rings is 1. The first-order valence-electron chi connectivity index (χ1n) is 10.1. The molecule has 0 bridgehead atoms. The fourth-order valence-corrected chi connectivity index (χ4v) is 4.68. The smallest absolute Gasteiger partial charge is 0.264 e. The van der Waals surface area contributed by atoms with E-state index in [0.29, 0.717) is 18.7 Å². The maximum Gasteiger partial charge on any atom is 0.264 e. The van der Waals surface area contributed by atoms with E-state index in [4.69, 9.17) is 12.2 Å². The van der Waals surface area contributed by atoms with Crippen molar-refractivity contribution in [2.45, 2.75) is 0 Å². The number of nitrogens with zero attached hydrogens (tertiary/aromatic N) is 2. The Balaban J connectivity index is 1.28. The Morgan fingerprint density at radius 3 is 2.25 bits per heavy atom. The van der Waals surface area contributed by atoms with Crippen LogP contribution < -0.4 is 15.5 Å². The fourth-order valence-electron chi connectivity index (χ4n) is 3.42. The van der Waals surface area contributed by atoms with Crippen LogP contribution in [-0.2, 0) is 0 Å². The maximum atomic E-state index is 12.5. The molecule has 6 nitrogen and oxygen atoms in total. The third kappa shape index (κ3) is 5.64. The second-order valence-corrected chi connectivity index (χ2v) is 9.82. The number of halogens is 1. The number of hydrogen-bond donors (Lipinski definition) is 2. The van der Waals surface area contributed by atoms with Crippen molar-refractivity contribution in [3.63, 3.8) is 0 Å². The first-order valence-corrected chi connectivity index (χ1v) is 12.4. The van der Waals surface area contributed by atoms with Crippen LogP contribution in [0.3, 0.4) is 0 Å². The van der Waals surface area contributed by atoms with E-state index in [0.717, 1.165) is 32.9 Å². The van der Waals surface area contributed by atoms with Crippen molar-refractivity contribution >= 4 is 74.4 Å². The lowest BCUT2D eigenvalue weighted by Crippen LogP contribution is -2.48. The molecule has 1 aliphatic rings. The van der Waals surface area contributed by atoms with Gasteiger partial charge in [0, 0.05) is 46.7 Å². The Labute approximate surface area is 209 Å². The van der Waals surface area contributed by atoms with Crippen LogP contribution in [0.15, 0.2) is 66.0 Å². The minimum Gasteiger partial charge on any atom is -0.368 e. The van der Waals surface area contributed by atoms with E-state index >= 15 is 0 Å². The summed E-state index contributed by atoms with van der Waals surface area (Å²) in [6, 6.07) is 19.0. The fraction of sp³-hybridized carbons (Fsp3) is 0.174. The van der Waals surface area contributed by atoms with Crippen LogP contribution in [0, 0.1) is 3.57 Å². The van der Waals surface area contributed by atoms with Crippen LogP contribution in [0.1, 0.15) is 20.0 Å². The van der Waals surface area contributed by atoms with E-state index in [1.54, 1.807) is 12.1 Å². The molecule has 2 amide bonds. The van der Waals surface area contributed by atoms with E-state index in [1.807, 2.05) is 58.8 Å². The van der Waals surface area contributed by atoms with Gasteiger partial charge < -0.3 is 15.1 Å². The Hall–Kier alpha value is -2.50. The molecule has 2 heterocycles. The van der Waals surface area contributed by atoms with Crippen LogP contribution in [0.2, 0.25) is 0 Å². The lowest BCUT2D eigenvalue weighted by molar-refractivity contribution is 0.0751. The van der Waals surface area contributed by atoms with Gasteiger partial charge in [-0.05, 0) is 94.8 Å². The van der Waals surface area contributed by atoms with Crippen molar-refractivity contribution in [2.24, 2.45) is 0 Å². The number of piperazine rings is 1. The van der Waals surface area contributed by atoms with Crippen molar-refractivity contribution in [1.29, 1.82) is 0 Å². The average Bonchev–Trinajstić information content (AvgIpc) is 3.34. The van der Waals surface area contributed by atoms with Gasteiger partial charge >= 0.3 is 0 Å². The van der Waals surface area contributed by atoms with E-state index in [1.165, 1.54) is 11.3 Å². The predicted octanol–water partition coefficient (Wildman–Crippen LogP) is 4.44. The van der Waals surface area contributed by atoms with E-state index in [9.17, 15) is 9.59 Å². The predicted molar refractivity (Wildman–Crippen MR) is 142 cm³/mol. The number of nitrogens with one attached hydrogen (secondary N) is 2. The number of carbonyl (C=O) groups is 2. The van der Waals surface area contributed by atoms with Crippen LogP contribution in [0.25, 0.3) is 0 Å². The first-order chi connectivity index (χ1) is 15.5. The summed E-state index contributed by atoms with van der Waals surface area (Å²) in [5.74, 6) is -0.134. The summed E-state index contributed by atoms with van der Waals surface area (Å²) in [6.45, 7) is 2.97. The molecule has 1 aromatic heterocycles. The summed E-state index contributed by atoms with van der Waals surface area (Å²) in [5, 5.41) is 7.93. The standard InChI is InChI=1S/C23H21IN4O2S2/c24-17-5-3-16(4-6-17)21(29)26-23(31)25-18-7-9-19(10-8-18)27-11-13-28(14-12-27)22(30)20-2-1-15-32-20/h1-10,15H,11-14H2,(H2,25,26,29,31). The lowest BCUT2D eigenvalue weighted by atomic mass is 10.2. The van der Waals surface area contributed by atoms with E-state index in [-0.39, 0.29) is 16.9 Å². The summed E-state index contributed by atoms with van der Waals surface area (Å²) < 4.78 is 1.07. The molecule has 0 unspecified atom stereocenters. The minimum atomic E-state index is -0.245. The molecule has 2 N–H and O–H groups in total.